The second kappa shape index (κ2) is 8.55. The van der Waals surface area contributed by atoms with Gasteiger partial charge in [0, 0.05) is 24.9 Å². The molecule has 0 radical (unpaired) electrons. The second-order valence-electron chi connectivity index (χ2n) is 5.75. The summed E-state index contributed by atoms with van der Waals surface area (Å²) >= 11 is 0. The number of aromatic nitrogens is 3. The smallest absolute Gasteiger partial charge is 0.417 e. The molecule has 0 saturated heterocycles. The highest BCUT2D eigenvalue weighted by atomic mass is 19.4. The largest absolute Gasteiger partial charge is 0.481 e. The lowest BCUT2D eigenvalue weighted by atomic mass is 10.1. The van der Waals surface area contributed by atoms with Crippen LogP contribution in [0.3, 0.4) is 0 Å². The first-order valence-corrected chi connectivity index (χ1v) is 8.34. The van der Waals surface area contributed by atoms with Crippen LogP contribution in [0.25, 0.3) is 0 Å². The first-order chi connectivity index (χ1) is 13.4. The van der Waals surface area contributed by atoms with E-state index in [1.54, 1.807) is 18.2 Å². The number of nitrogens with zero attached hydrogens (tertiary/aromatic N) is 3. The van der Waals surface area contributed by atoms with Gasteiger partial charge in [0.2, 0.25) is 11.8 Å². The molecule has 0 spiro atoms. The van der Waals surface area contributed by atoms with E-state index < -0.39 is 11.7 Å². The quantitative estimate of drug-likeness (QED) is 0.647. The van der Waals surface area contributed by atoms with Crippen molar-refractivity contribution in [3.05, 3.63) is 66.1 Å². The van der Waals surface area contributed by atoms with Crippen molar-refractivity contribution in [1.29, 1.82) is 0 Å². The number of nitrogens with one attached hydrogen (secondary N) is 1. The minimum absolute atomic E-state index is 0.0973. The number of pyridine rings is 1. The van der Waals surface area contributed by atoms with E-state index in [-0.39, 0.29) is 5.88 Å². The van der Waals surface area contributed by atoms with Gasteiger partial charge >= 0.3 is 6.18 Å². The number of alkyl halides is 3. The fourth-order valence-electron chi connectivity index (χ4n) is 2.34. The third kappa shape index (κ3) is 5.32. The molecule has 0 aliphatic carbocycles. The number of anilines is 1. The van der Waals surface area contributed by atoms with Crippen molar-refractivity contribution in [3.8, 4) is 17.5 Å². The van der Waals surface area contributed by atoms with Gasteiger partial charge in [-0.1, -0.05) is 12.1 Å². The zero-order valence-corrected chi connectivity index (χ0v) is 14.9. The Bertz CT molecular complexity index is 900. The lowest BCUT2D eigenvalue weighted by molar-refractivity contribution is -0.137. The molecule has 0 aliphatic heterocycles. The molecule has 0 bridgehead atoms. The first kappa shape index (κ1) is 19.4. The monoisotopic (exact) mass is 390 g/mol. The van der Waals surface area contributed by atoms with Crippen LogP contribution in [0.15, 0.2) is 55.0 Å². The van der Waals surface area contributed by atoms with E-state index in [1.807, 2.05) is 12.1 Å². The van der Waals surface area contributed by atoms with Gasteiger partial charge in [0.05, 0.1) is 12.7 Å². The van der Waals surface area contributed by atoms with Crippen molar-refractivity contribution in [1.82, 2.24) is 15.0 Å². The number of benzene rings is 1. The van der Waals surface area contributed by atoms with Crippen LogP contribution in [0, 0.1) is 0 Å². The summed E-state index contributed by atoms with van der Waals surface area (Å²) in [5.74, 6) is 1.74. The van der Waals surface area contributed by atoms with Crippen LogP contribution in [0.2, 0.25) is 0 Å². The minimum atomic E-state index is -4.42. The molecule has 0 amide bonds. The standard InChI is InChI=1S/C19H17F3N4O2/c1-27-18-10-16(25-12-26-18)23-9-8-13-2-5-15(6-3-13)28-17-7-4-14(11-24-17)19(20,21)22/h2-7,10-12H,8-9H2,1H3,(H,23,25,26). The molecule has 9 heteroatoms. The summed E-state index contributed by atoms with van der Waals surface area (Å²) in [6, 6.07) is 11.1. The van der Waals surface area contributed by atoms with Crippen LogP contribution in [0.4, 0.5) is 19.0 Å². The number of methoxy groups -OCH3 is 1. The van der Waals surface area contributed by atoms with Gasteiger partial charge in [-0.05, 0) is 30.2 Å². The average molecular weight is 390 g/mol. The van der Waals surface area contributed by atoms with Gasteiger partial charge in [-0.15, -0.1) is 0 Å². The van der Waals surface area contributed by atoms with E-state index in [4.69, 9.17) is 9.47 Å². The highest BCUT2D eigenvalue weighted by Gasteiger charge is 2.30. The number of halogens is 3. The van der Waals surface area contributed by atoms with E-state index >= 15 is 0 Å². The molecule has 0 atom stereocenters. The van der Waals surface area contributed by atoms with E-state index in [0.29, 0.717) is 24.0 Å². The van der Waals surface area contributed by atoms with Crippen LogP contribution in [-0.2, 0) is 12.6 Å². The van der Waals surface area contributed by atoms with Crippen molar-refractivity contribution in [2.24, 2.45) is 0 Å². The van der Waals surface area contributed by atoms with Crippen molar-refractivity contribution in [2.45, 2.75) is 12.6 Å². The molecule has 0 unspecified atom stereocenters. The van der Waals surface area contributed by atoms with Gasteiger partial charge in [-0.25, -0.2) is 15.0 Å². The third-order valence-corrected chi connectivity index (χ3v) is 3.78. The highest BCUT2D eigenvalue weighted by molar-refractivity contribution is 5.37. The van der Waals surface area contributed by atoms with E-state index in [1.165, 1.54) is 19.5 Å². The molecular weight excluding hydrogens is 373 g/mol. The Labute approximate surface area is 159 Å². The van der Waals surface area contributed by atoms with E-state index in [2.05, 4.69) is 20.3 Å². The normalized spacial score (nSPS) is 11.1. The molecule has 0 aliphatic rings. The topological polar surface area (TPSA) is 69.2 Å². The van der Waals surface area contributed by atoms with Gasteiger partial charge in [0.25, 0.3) is 0 Å². The molecule has 0 saturated carbocycles. The van der Waals surface area contributed by atoms with Crippen molar-refractivity contribution < 1.29 is 22.6 Å². The van der Waals surface area contributed by atoms with Crippen LogP contribution < -0.4 is 14.8 Å². The Morgan fingerprint density at radius 2 is 1.75 bits per heavy atom. The zero-order chi connectivity index (χ0) is 20.0. The fourth-order valence-corrected chi connectivity index (χ4v) is 2.34. The second-order valence-corrected chi connectivity index (χ2v) is 5.75. The van der Waals surface area contributed by atoms with Crippen LogP contribution >= 0.6 is 0 Å². The van der Waals surface area contributed by atoms with Crippen LogP contribution in [0.5, 0.6) is 17.5 Å². The highest BCUT2D eigenvalue weighted by Crippen LogP contribution is 2.30. The summed E-state index contributed by atoms with van der Waals surface area (Å²) in [5, 5.41) is 3.18. The number of ether oxygens (including phenoxy) is 2. The summed E-state index contributed by atoms with van der Waals surface area (Å²) in [7, 11) is 1.54. The Hall–Kier alpha value is -3.36. The third-order valence-electron chi connectivity index (χ3n) is 3.78. The van der Waals surface area contributed by atoms with Gasteiger partial charge in [0.1, 0.15) is 17.9 Å². The SMILES string of the molecule is COc1cc(NCCc2ccc(Oc3ccc(C(F)(F)F)cn3)cc2)ncn1. The summed E-state index contributed by atoms with van der Waals surface area (Å²) in [4.78, 5) is 11.7. The maximum Gasteiger partial charge on any atom is 0.417 e. The number of hydrogen-bond acceptors (Lipinski definition) is 6. The summed E-state index contributed by atoms with van der Waals surface area (Å²) in [6.07, 6.45) is -1.51. The molecule has 1 aromatic carbocycles. The Morgan fingerprint density at radius 3 is 2.39 bits per heavy atom. The molecule has 28 heavy (non-hydrogen) atoms. The predicted octanol–water partition coefficient (Wildman–Crippen LogP) is 4.35. The summed E-state index contributed by atoms with van der Waals surface area (Å²) in [6.45, 7) is 0.654. The average Bonchev–Trinajstić information content (AvgIpc) is 2.69. The maximum atomic E-state index is 12.5. The molecule has 146 valence electrons. The number of hydrogen-bond donors (Lipinski definition) is 1. The number of rotatable bonds is 7. The van der Waals surface area contributed by atoms with Gasteiger partial charge in [-0.2, -0.15) is 13.2 Å². The first-order valence-electron chi connectivity index (χ1n) is 8.34. The van der Waals surface area contributed by atoms with Crippen LogP contribution in [-0.4, -0.2) is 28.6 Å². The molecule has 1 N–H and O–H groups in total. The maximum absolute atomic E-state index is 12.5. The van der Waals surface area contributed by atoms with Gasteiger partial charge < -0.3 is 14.8 Å². The summed E-state index contributed by atoms with van der Waals surface area (Å²) in [5.41, 5.74) is 0.241. The minimum Gasteiger partial charge on any atom is -0.481 e. The molecular formula is C19H17F3N4O2. The summed E-state index contributed by atoms with van der Waals surface area (Å²) < 4.78 is 48.1. The molecule has 2 aromatic heterocycles. The molecule has 6 nitrogen and oxygen atoms in total. The molecule has 2 heterocycles. The Kier molecular flexibility index (Phi) is 5.93. The zero-order valence-electron chi connectivity index (χ0n) is 14.9. The lowest BCUT2D eigenvalue weighted by Gasteiger charge is -2.09. The Balaban J connectivity index is 1.52. The van der Waals surface area contributed by atoms with E-state index in [9.17, 15) is 13.2 Å². The molecule has 0 fully saturated rings. The van der Waals surface area contributed by atoms with Crippen LogP contribution in [0.1, 0.15) is 11.1 Å². The fraction of sp³-hybridized carbons (Fsp3) is 0.211. The van der Waals surface area contributed by atoms with Gasteiger partial charge in [0.15, 0.2) is 0 Å². The van der Waals surface area contributed by atoms with Crippen molar-refractivity contribution in [2.75, 3.05) is 19.0 Å². The van der Waals surface area contributed by atoms with Crippen molar-refractivity contribution in [3.63, 3.8) is 0 Å². The molecule has 3 aromatic rings. The van der Waals surface area contributed by atoms with Crippen molar-refractivity contribution >= 4 is 5.82 Å². The van der Waals surface area contributed by atoms with Gasteiger partial charge in [-0.3, -0.25) is 0 Å². The lowest BCUT2D eigenvalue weighted by Crippen LogP contribution is -2.06. The van der Waals surface area contributed by atoms with E-state index in [0.717, 1.165) is 24.2 Å². The predicted molar refractivity (Wildman–Crippen MR) is 96.5 cm³/mol. The Morgan fingerprint density at radius 1 is 0.964 bits per heavy atom. The molecule has 3 rings (SSSR count).